The van der Waals surface area contributed by atoms with Crippen molar-refractivity contribution in [3.05, 3.63) is 33.9 Å². The monoisotopic (exact) mass is 270 g/mol. The van der Waals surface area contributed by atoms with Gasteiger partial charge in [-0.15, -0.1) is 0 Å². The number of nitrogens with one attached hydrogen (secondary N) is 1. The molecule has 1 aromatic rings. The summed E-state index contributed by atoms with van der Waals surface area (Å²) in [5.74, 6) is 0. The van der Waals surface area contributed by atoms with E-state index >= 15 is 0 Å². The van der Waals surface area contributed by atoms with Crippen molar-refractivity contribution in [2.24, 2.45) is 0 Å². The van der Waals surface area contributed by atoms with Crippen molar-refractivity contribution in [1.82, 2.24) is 0 Å². The lowest BCUT2D eigenvalue weighted by atomic mass is 10.1. The molecule has 5 nitrogen and oxygen atoms in total. The van der Waals surface area contributed by atoms with E-state index in [1.165, 1.54) is 12.1 Å². The fourth-order valence-corrected chi connectivity index (χ4v) is 2.37. The van der Waals surface area contributed by atoms with Gasteiger partial charge in [0.1, 0.15) is 0 Å². The van der Waals surface area contributed by atoms with Crippen LogP contribution in [0.3, 0.4) is 0 Å². The minimum absolute atomic E-state index is 0.0337. The first kappa shape index (κ1) is 14.8. The predicted octanol–water partition coefficient (Wildman–Crippen LogP) is 2.43. The largest absolute Gasteiger partial charge is 0.395 e. The summed E-state index contributed by atoms with van der Waals surface area (Å²) in [4.78, 5) is 10.4. The molecular weight excluding hydrogens is 252 g/mol. The van der Waals surface area contributed by atoms with E-state index in [1.54, 1.807) is 11.8 Å². The molecule has 0 amide bonds. The fraction of sp³-hybridized carbons (Fsp3) is 0.500. The Morgan fingerprint density at radius 2 is 2.17 bits per heavy atom. The molecular formula is C12H18N2O3S. The summed E-state index contributed by atoms with van der Waals surface area (Å²) >= 11 is 1.57. The van der Waals surface area contributed by atoms with Gasteiger partial charge in [0.05, 0.1) is 11.5 Å². The van der Waals surface area contributed by atoms with E-state index < -0.39 is 4.92 Å². The molecule has 0 aliphatic heterocycles. The van der Waals surface area contributed by atoms with Crippen molar-refractivity contribution in [3.8, 4) is 0 Å². The third-order valence-electron chi connectivity index (χ3n) is 2.71. The van der Waals surface area contributed by atoms with Gasteiger partial charge in [-0.3, -0.25) is 10.1 Å². The first-order valence-electron chi connectivity index (χ1n) is 5.64. The third kappa shape index (κ3) is 3.89. The van der Waals surface area contributed by atoms with Gasteiger partial charge in [-0.2, -0.15) is 11.8 Å². The van der Waals surface area contributed by atoms with Gasteiger partial charge in [0.15, 0.2) is 0 Å². The van der Waals surface area contributed by atoms with Gasteiger partial charge in [-0.1, -0.05) is 0 Å². The van der Waals surface area contributed by atoms with E-state index in [1.807, 2.05) is 26.2 Å². The Labute approximate surface area is 111 Å². The lowest BCUT2D eigenvalue weighted by molar-refractivity contribution is -0.384. The molecule has 2 unspecified atom stereocenters. The number of aryl methyl sites for hydroxylation is 1. The van der Waals surface area contributed by atoms with Crippen molar-refractivity contribution < 1.29 is 10.0 Å². The van der Waals surface area contributed by atoms with E-state index in [2.05, 4.69) is 5.32 Å². The van der Waals surface area contributed by atoms with Gasteiger partial charge in [-0.25, -0.2) is 0 Å². The molecule has 1 rings (SSSR count). The molecule has 0 heterocycles. The van der Waals surface area contributed by atoms with Crippen molar-refractivity contribution in [1.29, 1.82) is 0 Å². The van der Waals surface area contributed by atoms with Crippen LogP contribution < -0.4 is 5.32 Å². The van der Waals surface area contributed by atoms with Crippen LogP contribution in [-0.2, 0) is 0 Å². The molecule has 1 aromatic carbocycles. The normalized spacial score (nSPS) is 14.0. The molecule has 18 heavy (non-hydrogen) atoms. The Morgan fingerprint density at radius 1 is 1.50 bits per heavy atom. The molecule has 2 N–H and O–H groups in total. The lowest BCUT2D eigenvalue weighted by Gasteiger charge is -2.22. The lowest BCUT2D eigenvalue weighted by Crippen LogP contribution is -2.30. The van der Waals surface area contributed by atoms with Gasteiger partial charge < -0.3 is 10.4 Å². The number of hydrogen-bond acceptors (Lipinski definition) is 5. The van der Waals surface area contributed by atoms with Crippen molar-refractivity contribution in [2.75, 3.05) is 18.2 Å². The second kappa shape index (κ2) is 6.61. The molecule has 0 spiro atoms. The SMILES string of the molecule is CSC(CO)C(C)Nc1cc(C)cc([N+](=O)[O-])c1. The summed E-state index contributed by atoms with van der Waals surface area (Å²) in [6.45, 7) is 3.84. The van der Waals surface area contributed by atoms with Crippen LogP contribution in [0.2, 0.25) is 0 Å². The minimum Gasteiger partial charge on any atom is -0.395 e. The number of non-ortho nitro benzene ring substituents is 1. The molecule has 0 saturated heterocycles. The third-order valence-corrected chi connectivity index (χ3v) is 3.87. The Morgan fingerprint density at radius 3 is 2.67 bits per heavy atom. The maximum atomic E-state index is 10.8. The molecule has 0 aromatic heterocycles. The van der Waals surface area contributed by atoms with Crippen molar-refractivity contribution >= 4 is 23.1 Å². The Kier molecular flexibility index (Phi) is 5.43. The van der Waals surface area contributed by atoms with Crippen LogP contribution in [0.1, 0.15) is 12.5 Å². The Balaban J connectivity index is 2.87. The van der Waals surface area contributed by atoms with Crippen molar-refractivity contribution in [3.63, 3.8) is 0 Å². The Hall–Kier alpha value is -1.27. The summed E-state index contributed by atoms with van der Waals surface area (Å²) in [5.41, 5.74) is 1.62. The van der Waals surface area contributed by atoms with E-state index in [-0.39, 0.29) is 23.6 Å². The first-order chi connectivity index (χ1) is 8.47. The molecule has 100 valence electrons. The molecule has 2 atom stereocenters. The van der Waals surface area contributed by atoms with Gasteiger partial charge in [0.25, 0.3) is 5.69 Å². The molecule has 0 fully saturated rings. The number of benzene rings is 1. The van der Waals surface area contributed by atoms with E-state index in [4.69, 9.17) is 0 Å². The van der Waals surface area contributed by atoms with Gasteiger partial charge >= 0.3 is 0 Å². The van der Waals surface area contributed by atoms with Crippen LogP contribution in [0.4, 0.5) is 11.4 Å². The highest BCUT2D eigenvalue weighted by molar-refractivity contribution is 7.99. The maximum Gasteiger partial charge on any atom is 0.271 e. The second-order valence-electron chi connectivity index (χ2n) is 4.20. The number of aliphatic hydroxyl groups excluding tert-OH is 1. The van der Waals surface area contributed by atoms with Gasteiger partial charge in [-0.05, 0) is 31.7 Å². The number of nitro groups is 1. The van der Waals surface area contributed by atoms with E-state index in [0.29, 0.717) is 5.69 Å². The number of aliphatic hydroxyl groups is 1. The summed E-state index contributed by atoms with van der Waals surface area (Å²) in [6, 6.07) is 4.94. The molecule has 0 aliphatic rings. The summed E-state index contributed by atoms with van der Waals surface area (Å²) in [5, 5.41) is 23.2. The summed E-state index contributed by atoms with van der Waals surface area (Å²) in [6.07, 6.45) is 1.93. The highest BCUT2D eigenvalue weighted by atomic mass is 32.2. The smallest absolute Gasteiger partial charge is 0.271 e. The topological polar surface area (TPSA) is 75.4 Å². The van der Waals surface area contributed by atoms with Crippen LogP contribution in [-0.4, -0.2) is 34.2 Å². The second-order valence-corrected chi connectivity index (χ2v) is 5.28. The molecule has 0 radical (unpaired) electrons. The number of nitro benzene ring substituents is 1. The van der Waals surface area contributed by atoms with Gasteiger partial charge in [0, 0.05) is 29.1 Å². The first-order valence-corrected chi connectivity index (χ1v) is 6.93. The molecule has 0 saturated carbocycles. The highest BCUT2D eigenvalue weighted by Gasteiger charge is 2.16. The van der Waals surface area contributed by atoms with E-state index in [9.17, 15) is 15.2 Å². The van der Waals surface area contributed by atoms with E-state index in [0.717, 1.165) is 5.56 Å². The number of thioether (sulfide) groups is 1. The van der Waals surface area contributed by atoms with Crippen LogP contribution >= 0.6 is 11.8 Å². The standard InChI is InChI=1S/C12H18N2O3S/c1-8-4-10(6-11(5-8)14(16)17)13-9(2)12(7-15)18-3/h4-6,9,12-13,15H,7H2,1-3H3. The predicted molar refractivity (Wildman–Crippen MR) is 75.3 cm³/mol. The average molecular weight is 270 g/mol. The molecule has 0 bridgehead atoms. The van der Waals surface area contributed by atoms with Crippen LogP contribution in [0.5, 0.6) is 0 Å². The number of hydrogen-bond donors (Lipinski definition) is 2. The zero-order valence-electron chi connectivity index (χ0n) is 10.7. The average Bonchev–Trinajstić information content (AvgIpc) is 2.29. The number of nitrogens with zero attached hydrogens (tertiary/aromatic N) is 1. The molecule has 0 aliphatic carbocycles. The highest BCUT2D eigenvalue weighted by Crippen LogP contribution is 2.22. The quantitative estimate of drug-likeness (QED) is 0.613. The zero-order valence-corrected chi connectivity index (χ0v) is 11.5. The fourth-order valence-electron chi connectivity index (χ4n) is 1.74. The Bertz CT molecular complexity index is 422. The molecule has 6 heteroatoms. The summed E-state index contributed by atoms with van der Waals surface area (Å²) in [7, 11) is 0. The van der Waals surface area contributed by atoms with Crippen molar-refractivity contribution in [2.45, 2.75) is 25.1 Å². The van der Waals surface area contributed by atoms with Crippen LogP contribution in [0.25, 0.3) is 0 Å². The van der Waals surface area contributed by atoms with Crippen LogP contribution in [0, 0.1) is 17.0 Å². The van der Waals surface area contributed by atoms with Gasteiger partial charge in [0.2, 0.25) is 0 Å². The number of rotatable bonds is 6. The maximum absolute atomic E-state index is 10.8. The minimum atomic E-state index is -0.402. The summed E-state index contributed by atoms with van der Waals surface area (Å²) < 4.78 is 0. The number of anilines is 1. The zero-order chi connectivity index (χ0) is 13.7. The van der Waals surface area contributed by atoms with Crippen LogP contribution in [0.15, 0.2) is 18.2 Å².